The van der Waals surface area contributed by atoms with Crippen LogP contribution in [0.15, 0.2) is 29.1 Å². The maximum atomic E-state index is 12.4. The van der Waals surface area contributed by atoms with Gasteiger partial charge >= 0.3 is 5.69 Å². The van der Waals surface area contributed by atoms with Crippen LogP contribution in [0, 0.1) is 0 Å². The maximum Gasteiger partial charge on any atom is 0.326 e. The van der Waals surface area contributed by atoms with E-state index in [1.54, 1.807) is 0 Å². The van der Waals surface area contributed by atoms with E-state index in [2.05, 4.69) is 16.8 Å². The molecule has 124 valence electrons. The van der Waals surface area contributed by atoms with Gasteiger partial charge in [0.15, 0.2) is 0 Å². The molecule has 5 nitrogen and oxygen atoms in total. The summed E-state index contributed by atoms with van der Waals surface area (Å²) in [4.78, 5) is 18.0. The van der Waals surface area contributed by atoms with Crippen LogP contribution in [0.5, 0.6) is 0 Å². The van der Waals surface area contributed by atoms with Crippen molar-refractivity contribution in [2.75, 3.05) is 26.3 Å². The van der Waals surface area contributed by atoms with Gasteiger partial charge < -0.3 is 9.72 Å². The Hall–Kier alpha value is -1.59. The lowest BCUT2D eigenvalue weighted by Gasteiger charge is -2.47. The summed E-state index contributed by atoms with van der Waals surface area (Å²) < 4.78 is 7.49. The number of fused-ring (bicyclic) bond motifs is 1. The summed E-state index contributed by atoms with van der Waals surface area (Å²) in [5.74, 6) is 0. The molecule has 4 rings (SSSR count). The van der Waals surface area contributed by atoms with Gasteiger partial charge in [-0.25, -0.2) is 4.79 Å². The Balaban J connectivity index is 1.53. The first-order valence-electron chi connectivity index (χ1n) is 8.69. The minimum Gasteiger partial charge on any atom is -0.381 e. The average Bonchev–Trinajstić information content (AvgIpc) is 2.91. The average molecular weight is 315 g/mol. The zero-order valence-electron chi connectivity index (χ0n) is 13.8. The molecule has 1 N–H and O–H groups in total. The number of aromatic nitrogens is 2. The molecule has 0 spiro atoms. The first-order valence-corrected chi connectivity index (χ1v) is 8.69. The minimum absolute atomic E-state index is 0.0296. The Labute approximate surface area is 136 Å². The van der Waals surface area contributed by atoms with Gasteiger partial charge in [0, 0.05) is 37.9 Å². The lowest BCUT2D eigenvalue weighted by molar-refractivity contribution is -0.0312. The molecule has 0 unspecified atom stereocenters. The first kappa shape index (κ1) is 15.0. The molecular weight excluding hydrogens is 290 g/mol. The van der Waals surface area contributed by atoms with Crippen molar-refractivity contribution in [3.8, 4) is 0 Å². The van der Waals surface area contributed by atoms with Crippen molar-refractivity contribution < 1.29 is 4.74 Å². The van der Waals surface area contributed by atoms with Crippen molar-refractivity contribution in [2.45, 2.75) is 44.2 Å². The quantitative estimate of drug-likeness (QED) is 0.926. The molecule has 1 aromatic carbocycles. The topological polar surface area (TPSA) is 50.3 Å². The van der Waals surface area contributed by atoms with Crippen LogP contribution in [0.3, 0.4) is 0 Å². The van der Waals surface area contributed by atoms with Crippen LogP contribution in [-0.2, 0) is 4.74 Å². The molecule has 3 heterocycles. The second kappa shape index (κ2) is 5.80. The number of nitrogens with one attached hydrogen (secondary N) is 1. The van der Waals surface area contributed by atoms with Gasteiger partial charge in [-0.05, 0) is 44.7 Å². The van der Waals surface area contributed by atoms with Gasteiger partial charge in [-0.3, -0.25) is 9.47 Å². The number of ether oxygens (including phenoxy) is 1. The van der Waals surface area contributed by atoms with Crippen LogP contribution in [0.4, 0.5) is 0 Å². The lowest BCUT2D eigenvalue weighted by atomic mass is 9.87. The Morgan fingerprint density at radius 3 is 2.61 bits per heavy atom. The summed E-state index contributed by atoms with van der Waals surface area (Å²) in [6.45, 7) is 6.24. The number of imidazole rings is 1. The molecule has 5 heteroatoms. The number of benzene rings is 1. The molecule has 0 atom stereocenters. The van der Waals surface area contributed by atoms with Crippen molar-refractivity contribution in [3.63, 3.8) is 0 Å². The lowest BCUT2D eigenvalue weighted by Crippen LogP contribution is -2.53. The predicted octanol–water partition coefficient (Wildman–Crippen LogP) is 2.54. The van der Waals surface area contributed by atoms with Crippen molar-refractivity contribution in [3.05, 3.63) is 34.7 Å². The number of para-hydroxylation sites is 2. The fourth-order valence-electron chi connectivity index (χ4n) is 4.23. The van der Waals surface area contributed by atoms with Crippen molar-refractivity contribution in [2.24, 2.45) is 0 Å². The van der Waals surface area contributed by atoms with Crippen LogP contribution < -0.4 is 5.69 Å². The first-order chi connectivity index (χ1) is 11.2. The summed E-state index contributed by atoms with van der Waals surface area (Å²) in [7, 11) is 0. The normalized spacial score (nSPS) is 23.3. The molecule has 23 heavy (non-hydrogen) atoms. The molecule has 2 aliphatic rings. The van der Waals surface area contributed by atoms with Gasteiger partial charge in [0.1, 0.15) is 0 Å². The highest BCUT2D eigenvalue weighted by Gasteiger charge is 2.36. The number of hydrogen-bond acceptors (Lipinski definition) is 3. The van der Waals surface area contributed by atoms with Gasteiger partial charge in [0.2, 0.25) is 0 Å². The zero-order valence-corrected chi connectivity index (χ0v) is 13.8. The largest absolute Gasteiger partial charge is 0.381 e. The molecular formula is C18H25N3O2. The second-order valence-corrected chi connectivity index (χ2v) is 7.14. The second-order valence-electron chi connectivity index (χ2n) is 7.14. The van der Waals surface area contributed by atoms with Crippen molar-refractivity contribution in [1.82, 2.24) is 14.5 Å². The number of piperidine rings is 1. The van der Waals surface area contributed by atoms with E-state index >= 15 is 0 Å². The summed E-state index contributed by atoms with van der Waals surface area (Å²) >= 11 is 0. The summed E-state index contributed by atoms with van der Waals surface area (Å²) in [6, 6.07) is 8.30. The van der Waals surface area contributed by atoms with E-state index in [1.807, 2.05) is 28.8 Å². The van der Waals surface area contributed by atoms with Gasteiger partial charge in [-0.1, -0.05) is 12.1 Å². The molecule has 0 saturated carbocycles. The number of nitrogens with zero attached hydrogens (tertiary/aromatic N) is 2. The van der Waals surface area contributed by atoms with Crippen LogP contribution in [0.2, 0.25) is 0 Å². The van der Waals surface area contributed by atoms with Gasteiger partial charge in [0.25, 0.3) is 0 Å². The van der Waals surface area contributed by atoms with Crippen LogP contribution >= 0.6 is 0 Å². The third-order valence-corrected chi connectivity index (χ3v) is 5.79. The van der Waals surface area contributed by atoms with Gasteiger partial charge in [0.05, 0.1) is 11.0 Å². The third-order valence-electron chi connectivity index (χ3n) is 5.79. The molecule has 2 aliphatic heterocycles. The van der Waals surface area contributed by atoms with E-state index in [4.69, 9.17) is 4.74 Å². The number of aromatic amines is 1. The van der Waals surface area contributed by atoms with Gasteiger partial charge in [-0.2, -0.15) is 0 Å². The molecule has 0 aliphatic carbocycles. The Morgan fingerprint density at radius 1 is 1.17 bits per heavy atom. The Kier molecular flexibility index (Phi) is 3.77. The molecule has 0 bridgehead atoms. The van der Waals surface area contributed by atoms with E-state index in [-0.39, 0.29) is 11.2 Å². The van der Waals surface area contributed by atoms with Crippen molar-refractivity contribution >= 4 is 11.0 Å². The smallest absolute Gasteiger partial charge is 0.326 e. The SMILES string of the molecule is CC1(N2CCC(n3c(=O)[nH]c4ccccc43)CC2)CCOCC1. The molecule has 2 fully saturated rings. The standard InChI is InChI=1S/C18H25N3O2/c1-18(8-12-23-13-9-18)20-10-6-14(7-11-20)21-16-5-3-2-4-15(16)19-17(21)22/h2-5,14H,6-13H2,1H3,(H,19,22). The summed E-state index contributed by atoms with van der Waals surface area (Å²) in [6.07, 6.45) is 4.31. The van der Waals surface area contributed by atoms with Crippen LogP contribution in [-0.4, -0.2) is 46.3 Å². The highest BCUT2D eigenvalue weighted by atomic mass is 16.5. The molecule has 2 aromatic rings. The van der Waals surface area contributed by atoms with Crippen LogP contribution in [0.25, 0.3) is 11.0 Å². The highest BCUT2D eigenvalue weighted by molar-refractivity contribution is 5.75. The summed E-state index contributed by atoms with van der Waals surface area (Å²) in [5, 5.41) is 0. The highest BCUT2D eigenvalue weighted by Crippen LogP contribution is 2.33. The predicted molar refractivity (Wildman–Crippen MR) is 90.9 cm³/mol. The summed E-state index contributed by atoms with van der Waals surface area (Å²) in [5.41, 5.74) is 2.28. The monoisotopic (exact) mass is 315 g/mol. The minimum atomic E-state index is 0.0296. The number of rotatable bonds is 2. The van der Waals surface area contributed by atoms with E-state index in [0.29, 0.717) is 6.04 Å². The Bertz CT molecular complexity index is 734. The third kappa shape index (κ3) is 2.62. The number of hydrogen-bond donors (Lipinski definition) is 1. The molecule has 0 amide bonds. The fourth-order valence-corrected chi connectivity index (χ4v) is 4.23. The maximum absolute atomic E-state index is 12.4. The Morgan fingerprint density at radius 2 is 1.87 bits per heavy atom. The molecule has 0 radical (unpaired) electrons. The molecule has 2 saturated heterocycles. The fraction of sp³-hybridized carbons (Fsp3) is 0.611. The number of H-pyrrole nitrogens is 1. The van der Waals surface area contributed by atoms with E-state index < -0.39 is 0 Å². The van der Waals surface area contributed by atoms with Crippen molar-refractivity contribution in [1.29, 1.82) is 0 Å². The van der Waals surface area contributed by atoms with E-state index in [0.717, 1.165) is 63.0 Å². The number of likely N-dealkylation sites (tertiary alicyclic amines) is 1. The van der Waals surface area contributed by atoms with Crippen LogP contribution in [0.1, 0.15) is 38.6 Å². The van der Waals surface area contributed by atoms with E-state index in [1.165, 1.54) is 0 Å². The van der Waals surface area contributed by atoms with Gasteiger partial charge in [-0.15, -0.1) is 0 Å². The zero-order chi connectivity index (χ0) is 15.9. The molecule has 1 aromatic heterocycles. The van der Waals surface area contributed by atoms with E-state index in [9.17, 15) is 4.79 Å².